The van der Waals surface area contributed by atoms with Crippen LogP contribution in [0.3, 0.4) is 0 Å². The molecule has 0 saturated carbocycles. The average molecular weight is 241 g/mol. The van der Waals surface area contributed by atoms with Crippen molar-refractivity contribution in [2.45, 2.75) is 26.8 Å². The molecule has 1 aromatic carbocycles. The van der Waals surface area contributed by atoms with Gasteiger partial charge in [0.15, 0.2) is 0 Å². The first-order valence-electron chi connectivity index (χ1n) is 5.13. The molecule has 3 nitrogen and oxygen atoms in total. The third-order valence-corrected chi connectivity index (χ3v) is 2.58. The van der Waals surface area contributed by atoms with E-state index >= 15 is 0 Å². The van der Waals surface area contributed by atoms with Crippen LogP contribution in [0.4, 0.5) is 5.69 Å². The van der Waals surface area contributed by atoms with Gasteiger partial charge in [-0.1, -0.05) is 32.4 Å². The van der Waals surface area contributed by atoms with E-state index in [1.807, 2.05) is 20.8 Å². The number of hydrogen-bond acceptors (Lipinski definition) is 2. The van der Waals surface area contributed by atoms with Gasteiger partial charge >= 0.3 is 0 Å². The monoisotopic (exact) mass is 240 g/mol. The van der Waals surface area contributed by atoms with Crippen molar-refractivity contribution in [3.63, 3.8) is 0 Å². The molecule has 1 atom stereocenters. The average Bonchev–Trinajstić information content (AvgIpc) is 2.19. The normalized spacial score (nSPS) is 13.3. The van der Waals surface area contributed by atoms with E-state index in [-0.39, 0.29) is 11.3 Å². The summed E-state index contributed by atoms with van der Waals surface area (Å²) in [6, 6.07) is 6.40. The van der Waals surface area contributed by atoms with Gasteiger partial charge in [-0.3, -0.25) is 4.79 Å². The predicted octanol–water partition coefficient (Wildman–Crippen LogP) is 2.65. The maximum absolute atomic E-state index is 11.8. The Labute approximate surface area is 101 Å². The van der Waals surface area contributed by atoms with Crippen LogP contribution < -0.4 is 11.1 Å². The molecule has 1 rings (SSSR count). The Morgan fingerprint density at radius 1 is 1.31 bits per heavy atom. The van der Waals surface area contributed by atoms with Crippen molar-refractivity contribution in [1.29, 1.82) is 0 Å². The van der Waals surface area contributed by atoms with Crippen molar-refractivity contribution in [3.8, 4) is 0 Å². The van der Waals surface area contributed by atoms with Gasteiger partial charge in [0.05, 0.1) is 6.04 Å². The van der Waals surface area contributed by atoms with Gasteiger partial charge < -0.3 is 11.1 Å². The minimum atomic E-state index is -0.539. The molecule has 4 heteroatoms. The molecule has 88 valence electrons. The molecule has 0 bridgehead atoms. The Hall–Kier alpha value is -1.06. The summed E-state index contributed by atoms with van der Waals surface area (Å²) in [4.78, 5) is 11.8. The minimum Gasteiger partial charge on any atom is -0.325 e. The highest BCUT2D eigenvalue weighted by Gasteiger charge is 2.27. The lowest BCUT2D eigenvalue weighted by molar-refractivity contribution is -0.119. The summed E-state index contributed by atoms with van der Waals surface area (Å²) in [7, 11) is 0. The first-order chi connectivity index (χ1) is 7.30. The molecule has 0 unspecified atom stereocenters. The standard InChI is InChI=1S/C12H17ClN2O/c1-12(2,3)10(14)11(16)15-9-6-4-8(13)5-7-9/h4-7,10H,14H2,1-3H3,(H,15,16)/t10-/m0/s1. The van der Waals surface area contributed by atoms with Crippen LogP contribution in [0.2, 0.25) is 5.02 Å². The zero-order chi connectivity index (χ0) is 12.3. The Morgan fingerprint density at radius 3 is 2.25 bits per heavy atom. The molecule has 0 saturated heterocycles. The number of amides is 1. The molecule has 0 radical (unpaired) electrons. The number of hydrogen-bond donors (Lipinski definition) is 2. The van der Waals surface area contributed by atoms with Crippen LogP contribution in [0, 0.1) is 5.41 Å². The summed E-state index contributed by atoms with van der Waals surface area (Å²) < 4.78 is 0. The van der Waals surface area contributed by atoms with E-state index in [4.69, 9.17) is 17.3 Å². The maximum Gasteiger partial charge on any atom is 0.241 e. The SMILES string of the molecule is CC(C)(C)[C@@H](N)C(=O)Nc1ccc(Cl)cc1. The van der Waals surface area contributed by atoms with Crippen LogP contribution in [-0.2, 0) is 4.79 Å². The van der Waals surface area contributed by atoms with Crippen LogP contribution in [0.1, 0.15) is 20.8 Å². The first-order valence-corrected chi connectivity index (χ1v) is 5.50. The number of rotatable bonds is 2. The zero-order valence-corrected chi connectivity index (χ0v) is 10.5. The molecule has 1 aromatic rings. The second-order valence-electron chi connectivity index (χ2n) is 4.84. The molecule has 16 heavy (non-hydrogen) atoms. The van der Waals surface area contributed by atoms with Crippen LogP contribution in [0.25, 0.3) is 0 Å². The van der Waals surface area contributed by atoms with Gasteiger partial charge in [0, 0.05) is 10.7 Å². The topological polar surface area (TPSA) is 55.1 Å². The molecule has 0 aliphatic heterocycles. The number of halogens is 1. The predicted molar refractivity (Wildman–Crippen MR) is 67.5 cm³/mol. The lowest BCUT2D eigenvalue weighted by Gasteiger charge is -2.25. The number of carbonyl (C=O) groups is 1. The number of anilines is 1. The lowest BCUT2D eigenvalue weighted by Crippen LogP contribution is -2.45. The van der Waals surface area contributed by atoms with E-state index in [2.05, 4.69) is 5.32 Å². The molecule has 0 aromatic heterocycles. The molecular formula is C12H17ClN2O. The van der Waals surface area contributed by atoms with Crippen LogP contribution >= 0.6 is 11.6 Å². The van der Waals surface area contributed by atoms with E-state index in [0.29, 0.717) is 10.7 Å². The highest BCUT2D eigenvalue weighted by Crippen LogP contribution is 2.19. The van der Waals surface area contributed by atoms with Crippen LogP contribution in [0.5, 0.6) is 0 Å². The first kappa shape index (κ1) is 13.0. The number of carbonyl (C=O) groups excluding carboxylic acids is 1. The molecular weight excluding hydrogens is 224 g/mol. The third-order valence-electron chi connectivity index (χ3n) is 2.33. The van der Waals surface area contributed by atoms with Crippen LogP contribution in [0.15, 0.2) is 24.3 Å². The summed E-state index contributed by atoms with van der Waals surface area (Å²) in [6.07, 6.45) is 0. The summed E-state index contributed by atoms with van der Waals surface area (Å²) in [5.74, 6) is -0.185. The van der Waals surface area contributed by atoms with Gasteiger partial charge in [0.2, 0.25) is 5.91 Å². The Morgan fingerprint density at radius 2 is 1.81 bits per heavy atom. The Balaban J connectivity index is 2.68. The lowest BCUT2D eigenvalue weighted by atomic mass is 9.87. The molecule has 0 heterocycles. The van der Waals surface area contributed by atoms with Gasteiger partial charge in [-0.2, -0.15) is 0 Å². The highest BCUT2D eigenvalue weighted by molar-refractivity contribution is 6.30. The highest BCUT2D eigenvalue weighted by atomic mass is 35.5. The fourth-order valence-electron chi connectivity index (χ4n) is 1.15. The molecule has 3 N–H and O–H groups in total. The van der Waals surface area contributed by atoms with Crippen molar-refractivity contribution in [3.05, 3.63) is 29.3 Å². The van der Waals surface area contributed by atoms with Crippen molar-refractivity contribution < 1.29 is 4.79 Å². The maximum atomic E-state index is 11.8. The summed E-state index contributed by atoms with van der Waals surface area (Å²) >= 11 is 5.75. The van der Waals surface area contributed by atoms with Crippen molar-refractivity contribution in [2.75, 3.05) is 5.32 Å². The summed E-state index contributed by atoms with van der Waals surface area (Å²) in [5, 5.41) is 3.39. The van der Waals surface area contributed by atoms with Gasteiger partial charge in [0.1, 0.15) is 0 Å². The number of benzene rings is 1. The zero-order valence-electron chi connectivity index (χ0n) is 9.75. The molecule has 0 aliphatic rings. The summed E-state index contributed by atoms with van der Waals surface area (Å²) in [5.41, 5.74) is 6.28. The van der Waals surface area contributed by atoms with Gasteiger partial charge in [-0.05, 0) is 29.7 Å². The van der Waals surface area contributed by atoms with Crippen molar-refractivity contribution in [2.24, 2.45) is 11.1 Å². The van der Waals surface area contributed by atoms with E-state index in [1.54, 1.807) is 24.3 Å². The molecule has 0 spiro atoms. The van der Waals surface area contributed by atoms with E-state index in [0.717, 1.165) is 0 Å². The fourth-order valence-corrected chi connectivity index (χ4v) is 1.27. The smallest absolute Gasteiger partial charge is 0.241 e. The fraction of sp³-hybridized carbons (Fsp3) is 0.417. The van der Waals surface area contributed by atoms with Crippen LogP contribution in [-0.4, -0.2) is 11.9 Å². The Kier molecular flexibility index (Phi) is 3.94. The van der Waals surface area contributed by atoms with Gasteiger partial charge in [-0.25, -0.2) is 0 Å². The van der Waals surface area contributed by atoms with Crippen molar-refractivity contribution >= 4 is 23.2 Å². The minimum absolute atomic E-state index is 0.185. The summed E-state index contributed by atoms with van der Waals surface area (Å²) in [6.45, 7) is 5.79. The van der Waals surface area contributed by atoms with Crippen molar-refractivity contribution in [1.82, 2.24) is 0 Å². The Bertz CT molecular complexity index is 368. The van der Waals surface area contributed by atoms with Gasteiger partial charge in [-0.15, -0.1) is 0 Å². The van der Waals surface area contributed by atoms with Gasteiger partial charge in [0.25, 0.3) is 0 Å². The quantitative estimate of drug-likeness (QED) is 0.835. The number of nitrogens with one attached hydrogen (secondary N) is 1. The third kappa shape index (κ3) is 3.51. The largest absolute Gasteiger partial charge is 0.325 e. The van der Waals surface area contributed by atoms with E-state index in [9.17, 15) is 4.79 Å². The van der Waals surface area contributed by atoms with E-state index in [1.165, 1.54) is 0 Å². The van der Waals surface area contributed by atoms with E-state index < -0.39 is 6.04 Å². The molecule has 0 fully saturated rings. The molecule has 0 aliphatic carbocycles. The number of nitrogens with two attached hydrogens (primary N) is 1. The molecule has 1 amide bonds. The second-order valence-corrected chi connectivity index (χ2v) is 5.28. The second kappa shape index (κ2) is 4.85.